The fourth-order valence-corrected chi connectivity index (χ4v) is 5.13. The molecule has 1 aliphatic rings. The van der Waals surface area contributed by atoms with Crippen LogP contribution in [0.3, 0.4) is 0 Å². The van der Waals surface area contributed by atoms with Crippen LogP contribution in [-0.4, -0.2) is 13.2 Å². The van der Waals surface area contributed by atoms with Gasteiger partial charge in [0.15, 0.2) is 0 Å². The second-order valence-corrected chi connectivity index (χ2v) is 10.4. The van der Waals surface area contributed by atoms with E-state index in [4.69, 9.17) is 9.05 Å². The Bertz CT molecular complexity index is 331. The molecule has 0 atom stereocenters. The highest BCUT2D eigenvalue weighted by Gasteiger charge is 2.55. The molecule has 1 aliphatic heterocycles. The summed E-state index contributed by atoms with van der Waals surface area (Å²) in [6.45, 7) is 5.14. The lowest BCUT2D eigenvalue weighted by Gasteiger charge is -2.34. The molecule has 0 N–H and O–H groups in total. The lowest BCUT2D eigenvalue weighted by molar-refractivity contribution is -0.0518. The minimum Gasteiger partial charge on any atom is -0.149 e. The Morgan fingerprint density at radius 3 is 1.25 bits per heavy atom. The van der Waals surface area contributed by atoms with Crippen LogP contribution in [0.1, 0.15) is 129 Å². The van der Waals surface area contributed by atoms with E-state index in [1.54, 1.807) is 0 Å². The monoisotopic (exact) mass is 417 g/mol. The van der Waals surface area contributed by atoms with Gasteiger partial charge in [-0.3, -0.25) is 0 Å². The minimum absolute atomic E-state index is 0.0945. The lowest BCUT2D eigenvalue weighted by atomic mass is 9.79. The van der Waals surface area contributed by atoms with Crippen LogP contribution in [0.25, 0.3) is 0 Å². The molecule has 1 rings (SSSR count). The van der Waals surface area contributed by atoms with Crippen molar-refractivity contribution in [2.24, 2.45) is 5.41 Å². The highest BCUT2D eigenvalue weighted by atomic mass is 31.2. The van der Waals surface area contributed by atoms with Crippen molar-refractivity contribution < 1.29 is 18.8 Å². The Labute approximate surface area is 175 Å². The molecule has 0 aromatic heterocycles. The molecule has 1 heterocycles. The van der Waals surface area contributed by atoms with Gasteiger partial charge >= 0.3 is 8.17 Å². The molecule has 28 heavy (non-hydrogen) atoms. The highest BCUT2D eigenvalue weighted by Crippen LogP contribution is 2.60. The van der Waals surface area contributed by atoms with E-state index in [1.807, 2.05) is 0 Å². The van der Waals surface area contributed by atoms with Gasteiger partial charge in [-0.2, -0.15) is 0 Å². The van der Waals surface area contributed by atoms with Crippen molar-refractivity contribution >= 4 is 8.17 Å². The summed E-state index contributed by atoms with van der Waals surface area (Å²) in [5.41, 5.74) is -0.0945. The predicted molar refractivity (Wildman–Crippen MR) is 117 cm³/mol. The van der Waals surface area contributed by atoms with Crippen LogP contribution in [0.4, 0.5) is 0 Å². The van der Waals surface area contributed by atoms with Crippen LogP contribution in [0, 0.1) is 5.41 Å². The van der Waals surface area contributed by atoms with Gasteiger partial charge in [0, 0.05) is 5.41 Å². The topological polar surface area (TPSA) is 58.3 Å². The van der Waals surface area contributed by atoms with Crippen molar-refractivity contribution in [2.45, 2.75) is 129 Å². The van der Waals surface area contributed by atoms with Crippen molar-refractivity contribution in [3.05, 3.63) is 0 Å². The number of rotatable bonds is 18. The first kappa shape index (κ1) is 26.3. The molecule has 0 aliphatic carbocycles. The summed E-state index contributed by atoms with van der Waals surface area (Å²) < 4.78 is 10.2. The zero-order chi connectivity index (χ0) is 20.6. The zero-order valence-electron chi connectivity index (χ0n) is 18.7. The minimum atomic E-state index is -4.04. The van der Waals surface area contributed by atoms with Gasteiger partial charge in [-0.25, -0.2) is 0 Å². The van der Waals surface area contributed by atoms with E-state index in [2.05, 4.69) is 13.8 Å². The second kappa shape index (κ2) is 16.0. The van der Waals surface area contributed by atoms with Crippen LogP contribution in [0.5, 0.6) is 0 Å². The lowest BCUT2D eigenvalue weighted by Crippen LogP contribution is -2.36. The maximum Gasteiger partial charge on any atom is 0.645 e. The molecule has 0 saturated carbocycles. The summed E-state index contributed by atoms with van der Waals surface area (Å²) >= 11 is 0. The standard InChI is InChI=1S/C23H46O4P/c1-3-5-7-9-11-13-15-17-19-23(21-26-28(24,25)27-22-23)20-18-16-14-12-10-8-6-4-2/h3-22H2,1-2H3/q+1. The van der Waals surface area contributed by atoms with E-state index in [1.165, 1.54) is 89.9 Å². The molecule has 5 heteroatoms. The fourth-order valence-electron chi connectivity index (χ4n) is 4.19. The van der Waals surface area contributed by atoms with Gasteiger partial charge in [0.25, 0.3) is 0 Å². The Balaban J connectivity index is 2.22. The molecule has 1 saturated heterocycles. The average Bonchev–Trinajstić information content (AvgIpc) is 2.68. The SMILES string of the molecule is CCCCCCCCCCC1(CCCCCCCCCC)CO[P+]([O])([O])OC1. The molecule has 0 amide bonds. The predicted octanol–water partition coefficient (Wildman–Crippen LogP) is 8.62. The Kier molecular flexibility index (Phi) is 15.1. The van der Waals surface area contributed by atoms with Gasteiger partial charge in [0.2, 0.25) is 0 Å². The summed E-state index contributed by atoms with van der Waals surface area (Å²) in [7, 11) is -4.04. The van der Waals surface area contributed by atoms with E-state index < -0.39 is 8.17 Å². The van der Waals surface area contributed by atoms with Crippen LogP contribution in [-0.2, 0) is 18.8 Å². The Hall–Kier alpha value is 0.270. The van der Waals surface area contributed by atoms with Gasteiger partial charge in [-0.1, -0.05) is 117 Å². The molecular formula is C23H46O4P+. The molecular weight excluding hydrogens is 371 g/mol. The number of unbranched alkanes of at least 4 members (excludes halogenated alkanes) is 14. The van der Waals surface area contributed by atoms with E-state index in [-0.39, 0.29) is 5.41 Å². The maximum atomic E-state index is 11.5. The zero-order valence-corrected chi connectivity index (χ0v) is 19.6. The third kappa shape index (κ3) is 12.8. The summed E-state index contributed by atoms with van der Waals surface area (Å²) in [6.07, 6.45) is 22.8. The normalized spacial score (nSPS) is 18.4. The van der Waals surface area contributed by atoms with Crippen molar-refractivity contribution in [3.8, 4) is 0 Å². The van der Waals surface area contributed by atoms with Crippen molar-refractivity contribution in [2.75, 3.05) is 13.2 Å². The van der Waals surface area contributed by atoms with Gasteiger partial charge in [-0.05, 0) is 12.8 Å². The quantitative estimate of drug-likeness (QED) is 0.165. The molecule has 0 spiro atoms. The molecule has 0 unspecified atom stereocenters. The molecule has 0 aromatic carbocycles. The second-order valence-electron chi connectivity index (χ2n) is 8.94. The summed E-state index contributed by atoms with van der Waals surface area (Å²) in [5.74, 6) is 0. The van der Waals surface area contributed by atoms with Crippen molar-refractivity contribution in [1.82, 2.24) is 0 Å². The molecule has 166 valence electrons. The number of hydrogen-bond acceptors (Lipinski definition) is 2. The van der Waals surface area contributed by atoms with E-state index in [0.717, 1.165) is 25.7 Å². The van der Waals surface area contributed by atoms with Crippen LogP contribution >= 0.6 is 8.17 Å². The first-order valence-corrected chi connectivity index (χ1v) is 13.6. The average molecular weight is 418 g/mol. The fraction of sp³-hybridized carbons (Fsp3) is 1.00. The first-order chi connectivity index (χ1) is 13.5. The molecule has 4 nitrogen and oxygen atoms in total. The molecule has 1 fully saturated rings. The highest BCUT2D eigenvalue weighted by molar-refractivity contribution is 7.53. The van der Waals surface area contributed by atoms with Crippen molar-refractivity contribution in [3.63, 3.8) is 0 Å². The molecule has 0 bridgehead atoms. The van der Waals surface area contributed by atoms with E-state index in [0.29, 0.717) is 13.2 Å². The van der Waals surface area contributed by atoms with Gasteiger partial charge in [0.05, 0.1) is 9.79 Å². The summed E-state index contributed by atoms with van der Waals surface area (Å²) in [5, 5.41) is 0. The van der Waals surface area contributed by atoms with Gasteiger partial charge in [0.1, 0.15) is 13.2 Å². The largest absolute Gasteiger partial charge is 0.645 e. The number of hydrogen-bond donors (Lipinski definition) is 0. The van der Waals surface area contributed by atoms with Gasteiger partial charge < -0.3 is 0 Å². The third-order valence-electron chi connectivity index (χ3n) is 6.18. The molecule has 2 radical (unpaired) electrons. The Morgan fingerprint density at radius 2 is 0.893 bits per heavy atom. The molecule has 0 aromatic rings. The maximum absolute atomic E-state index is 11.5. The van der Waals surface area contributed by atoms with Crippen LogP contribution in [0.2, 0.25) is 0 Å². The van der Waals surface area contributed by atoms with E-state index in [9.17, 15) is 9.79 Å². The van der Waals surface area contributed by atoms with Crippen LogP contribution < -0.4 is 0 Å². The summed E-state index contributed by atoms with van der Waals surface area (Å²) in [4.78, 5) is 23.0. The summed E-state index contributed by atoms with van der Waals surface area (Å²) in [6, 6.07) is 0. The van der Waals surface area contributed by atoms with Gasteiger partial charge in [-0.15, -0.1) is 9.05 Å². The van der Waals surface area contributed by atoms with Crippen molar-refractivity contribution in [1.29, 1.82) is 0 Å². The first-order valence-electron chi connectivity index (χ1n) is 12.1. The smallest absolute Gasteiger partial charge is 0.149 e. The van der Waals surface area contributed by atoms with Crippen LogP contribution in [0.15, 0.2) is 0 Å². The Morgan fingerprint density at radius 1 is 0.571 bits per heavy atom. The third-order valence-corrected chi connectivity index (χ3v) is 7.07. The van der Waals surface area contributed by atoms with E-state index >= 15 is 0 Å².